The van der Waals surface area contributed by atoms with Gasteiger partial charge in [0, 0.05) is 73.7 Å². The van der Waals surface area contributed by atoms with Gasteiger partial charge in [-0.15, -0.1) is 0 Å². The summed E-state index contributed by atoms with van der Waals surface area (Å²) in [6.07, 6.45) is 6.64. The number of aromatic nitrogens is 1. The number of fused-ring (bicyclic) bond motifs is 2. The zero-order valence-electron chi connectivity index (χ0n) is 26.9. The van der Waals surface area contributed by atoms with Gasteiger partial charge in [0.05, 0.1) is 24.6 Å². The van der Waals surface area contributed by atoms with Crippen LogP contribution in [0.25, 0.3) is 21.9 Å². The summed E-state index contributed by atoms with van der Waals surface area (Å²) in [6, 6.07) is 13.4. The summed E-state index contributed by atoms with van der Waals surface area (Å²) in [7, 11) is 1.68. The summed E-state index contributed by atoms with van der Waals surface area (Å²) >= 11 is 0. The van der Waals surface area contributed by atoms with Crippen molar-refractivity contribution in [2.24, 2.45) is 5.92 Å². The first kappa shape index (κ1) is 32.4. The second-order valence-electron chi connectivity index (χ2n) is 13.2. The third-order valence-corrected chi connectivity index (χ3v) is 9.73. The highest BCUT2D eigenvalue weighted by atomic mass is 16.5. The summed E-state index contributed by atoms with van der Waals surface area (Å²) < 4.78 is 22.9. The number of nitrogens with one attached hydrogen (secondary N) is 2. The van der Waals surface area contributed by atoms with Gasteiger partial charge in [-0.05, 0) is 74.8 Å². The SMILES string of the molecule is COCCCOc1ccc2c(COc3cccc4[nH]c(C(=O)N[C@H]5CC[C@](O)(CCN6CC[C@H](O)[C@@H](C)C6)CC5)cc34)coc2c1. The van der Waals surface area contributed by atoms with Gasteiger partial charge in [-0.25, -0.2) is 0 Å². The first-order valence-corrected chi connectivity index (χ1v) is 16.6. The molecule has 1 saturated heterocycles. The highest BCUT2D eigenvalue weighted by Crippen LogP contribution is 2.33. The summed E-state index contributed by atoms with van der Waals surface area (Å²) in [6.45, 7) is 6.23. The van der Waals surface area contributed by atoms with Crippen molar-refractivity contribution >= 4 is 27.8 Å². The number of amides is 1. The largest absolute Gasteiger partial charge is 0.493 e. The molecule has 6 rings (SSSR count). The molecule has 10 heteroatoms. The average molecular weight is 634 g/mol. The molecule has 46 heavy (non-hydrogen) atoms. The molecule has 4 N–H and O–H groups in total. The molecule has 0 radical (unpaired) electrons. The average Bonchev–Trinajstić information content (AvgIpc) is 3.68. The van der Waals surface area contributed by atoms with Gasteiger partial charge in [-0.1, -0.05) is 13.0 Å². The summed E-state index contributed by atoms with van der Waals surface area (Å²) in [5.41, 5.74) is 2.27. The number of H-pyrrole nitrogens is 1. The molecule has 2 atom stereocenters. The van der Waals surface area contributed by atoms with E-state index in [1.165, 1.54) is 0 Å². The van der Waals surface area contributed by atoms with Crippen molar-refractivity contribution < 1.29 is 33.6 Å². The van der Waals surface area contributed by atoms with Gasteiger partial charge in [0.1, 0.15) is 29.4 Å². The highest BCUT2D eigenvalue weighted by Gasteiger charge is 2.35. The molecule has 1 aliphatic heterocycles. The maximum absolute atomic E-state index is 13.3. The lowest BCUT2D eigenvalue weighted by molar-refractivity contribution is -0.0272. The quantitative estimate of drug-likeness (QED) is 0.144. The molecule has 10 nitrogen and oxygen atoms in total. The Kier molecular flexibility index (Phi) is 10.2. The van der Waals surface area contributed by atoms with Gasteiger partial charge < -0.3 is 44.0 Å². The van der Waals surface area contributed by atoms with E-state index in [2.05, 4.69) is 22.1 Å². The van der Waals surface area contributed by atoms with Crippen molar-refractivity contribution in [3.63, 3.8) is 0 Å². The molecule has 0 spiro atoms. The monoisotopic (exact) mass is 633 g/mol. The fourth-order valence-electron chi connectivity index (χ4n) is 6.79. The Hall–Kier alpha value is -3.57. The van der Waals surface area contributed by atoms with Crippen LogP contribution in [0, 0.1) is 5.92 Å². The van der Waals surface area contributed by atoms with Crippen molar-refractivity contribution in [3.05, 3.63) is 60.0 Å². The van der Waals surface area contributed by atoms with Crippen molar-refractivity contribution in [1.82, 2.24) is 15.2 Å². The van der Waals surface area contributed by atoms with Gasteiger partial charge in [-0.3, -0.25) is 4.79 Å². The number of benzene rings is 2. The van der Waals surface area contributed by atoms with Crippen LogP contribution in [0.1, 0.15) is 67.9 Å². The van der Waals surface area contributed by atoms with E-state index < -0.39 is 5.60 Å². The zero-order valence-corrected chi connectivity index (χ0v) is 26.9. The Balaban J connectivity index is 1.01. The predicted molar refractivity (Wildman–Crippen MR) is 176 cm³/mol. The summed E-state index contributed by atoms with van der Waals surface area (Å²) in [4.78, 5) is 18.9. The lowest BCUT2D eigenvalue weighted by Crippen LogP contribution is -2.47. The van der Waals surface area contributed by atoms with Crippen LogP contribution in [0.15, 0.2) is 53.1 Å². The van der Waals surface area contributed by atoms with E-state index in [0.29, 0.717) is 44.1 Å². The van der Waals surface area contributed by atoms with Crippen LogP contribution >= 0.6 is 0 Å². The summed E-state index contributed by atoms with van der Waals surface area (Å²) in [5.74, 6) is 1.55. The van der Waals surface area contributed by atoms with E-state index in [4.69, 9.17) is 18.6 Å². The van der Waals surface area contributed by atoms with Crippen LogP contribution in [0.4, 0.5) is 0 Å². The number of carbonyl (C=O) groups excluding carboxylic acids is 1. The van der Waals surface area contributed by atoms with Crippen LogP contribution in [0.3, 0.4) is 0 Å². The molecule has 3 heterocycles. The number of nitrogens with zero attached hydrogens (tertiary/aromatic N) is 1. The van der Waals surface area contributed by atoms with E-state index in [9.17, 15) is 15.0 Å². The predicted octanol–water partition coefficient (Wildman–Crippen LogP) is 5.40. The number of aliphatic hydroxyl groups excluding tert-OH is 1. The number of hydrogen-bond donors (Lipinski definition) is 4. The highest BCUT2D eigenvalue weighted by molar-refractivity contribution is 5.99. The van der Waals surface area contributed by atoms with Gasteiger partial charge >= 0.3 is 0 Å². The number of methoxy groups -OCH3 is 1. The van der Waals surface area contributed by atoms with Crippen LogP contribution in [-0.2, 0) is 11.3 Å². The molecule has 1 aliphatic carbocycles. The smallest absolute Gasteiger partial charge is 0.267 e. The Bertz CT molecular complexity index is 1610. The minimum Gasteiger partial charge on any atom is -0.493 e. The number of piperidine rings is 1. The Labute approximate surface area is 270 Å². The number of ether oxygens (including phenoxy) is 3. The number of hydrogen-bond acceptors (Lipinski definition) is 8. The molecule has 1 saturated carbocycles. The Morgan fingerprint density at radius 2 is 1.96 bits per heavy atom. The van der Waals surface area contributed by atoms with Crippen LogP contribution in [0.5, 0.6) is 11.5 Å². The van der Waals surface area contributed by atoms with Gasteiger partial charge in [0.25, 0.3) is 5.91 Å². The number of likely N-dealkylation sites (tertiary alicyclic amines) is 1. The van der Waals surface area contributed by atoms with Crippen LogP contribution in [0.2, 0.25) is 0 Å². The maximum atomic E-state index is 13.3. The molecule has 2 aromatic heterocycles. The minimum atomic E-state index is -0.700. The third kappa shape index (κ3) is 7.69. The van der Waals surface area contributed by atoms with E-state index in [1.807, 2.05) is 42.5 Å². The molecule has 2 fully saturated rings. The van der Waals surface area contributed by atoms with E-state index >= 15 is 0 Å². The van der Waals surface area contributed by atoms with E-state index in [-0.39, 0.29) is 24.0 Å². The normalized spacial score (nSPS) is 24.0. The molecule has 2 aliphatic rings. The minimum absolute atomic E-state index is 0.0192. The first-order valence-electron chi connectivity index (χ1n) is 16.6. The number of aliphatic hydroxyl groups is 2. The van der Waals surface area contributed by atoms with Gasteiger partial charge in [0.15, 0.2) is 0 Å². The second kappa shape index (κ2) is 14.5. The zero-order chi connectivity index (χ0) is 32.1. The van der Waals surface area contributed by atoms with Crippen LogP contribution in [-0.4, -0.2) is 83.7 Å². The number of furan rings is 1. The fourth-order valence-corrected chi connectivity index (χ4v) is 6.79. The number of aromatic amines is 1. The first-order chi connectivity index (χ1) is 22.3. The number of rotatable bonds is 13. The van der Waals surface area contributed by atoms with Gasteiger partial charge in [-0.2, -0.15) is 0 Å². The topological polar surface area (TPSA) is 129 Å². The maximum Gasteiger partial charge on any atom is 0.267 e. The molecule has 1 amide bonds. The van der Waals surface area contributed by atoms with E-state index in [1.54, 1.807) is 13.4 Å². The van der Waals surface area contributed by atoms with Gasteiger partial charge in [0.2, 0.25) is 0 Å². The molecular formula is C36H47N3O7. The molecule has 4 aromatic rings. The van der Waals surface area contributed by atoms with E-state index in [0.717, 1.165) is 84.9 Å². The fraction of sp³-hybridized carbons (Fsp3) is 0.528. The lowest BCUT2D eigenvalue weighted by atomic mass is 9.80. The Morgan fingerprint density at radius 3 is 2.76 bits per heavy atom. The molecular weight excluding hydrogens is 586 g/mol. The number of carbonyl (C=O) groups is 1. The standard InChI is InChI=1S/C36H47N3O7/c1-24-21-39(15-11-32(24)40)16-14-36(42)12-9-26(10-13-36)37-35(41)31-20-29-30(38-31)5-3-6-33(29)45-22-25-23-46-34-19-27(7-8-28(25)34)44-18-4-17-43-2/h3,5-8,19-20,23-24,26,32,38,40,42H,4,9-18,21-22H2,1-2H3,(H,37,41)/t24-,26-,32-,36+/m0/s1. The second-order valence-corrected chi connectivity index (χ2v) is 13.2. The molecule has 2 aromatic carbocycles. The third-order valence-electron chi connectivity index (χ3n) is 9.73. The van der Waals surface area contributed by atoms with Crippen molar-refractivity contribution in [1.29, 1.82) is 0 Å². The van der Waals surface area contributed by atoms with Crippen molar-refractivity contribution in [3.8, 4) is 11.5 Å². The summed E-state index contributed by atoms with van der Waals surface area (Å²) in [5, 5.41) is 26.2. The molecule has 0 unspecified atom stereocenters. The van der Waals surface area contributed by atoms with Crippen molar-refractivity contribution in [2.75, 3.05) is 40.0 Å². The molecule has 248 valence electrons. The van der Waals surface area contributed by atoms with Crippen molar-refractivity contribution in [2.45, 2.75) is 76.2 Å². The van der Waals surface area contributed by atoms with Crippen LogP contribution < -0.4 is 14.8 Å². The lowest BCUT2D eigenvalue weighted by Gasteiger charge is -2.39. The molecule has 0 bridgehead atoms. The Morgan fingerprint density at radius 1 is 1.11 bits per heavy atom.